The lowest BCUT2D eigenvalue weighted by atomic mass is 10.0. The molecule has 2 amide bonds. The molecular weight excluding hydrogens is 464 g/mol. The van der Waals surface area contributed by atoms with Gasteiger partial charge in [-0.2, -0.15) is 0 Å². The van der Waals surface area contributed by atoms with E-state index in [9.17, 15) is 44.7 Å². The first-order chi connectivity index (χ1) is 15.6. The van der Waals surface area contributed by atoms with Crippen molar-refractivity contribution in [2.75, 3.05) is 12.4 Å². The van der Waals surface area contributed by atoms with Gasteiger partial charge in [-0.1, -0.05) is 5.16 Å². The number of hydrogen-bond donors (Lipinski definition) is 4. The SMILES string of the molecule is CC(=O)OCC1=C(C(=O)O)N2C(=O)[C@@H](NC(=O)C(=NO)c3ccc(O)c([N+](=O)[O-])c3)[C@H]2SC1. The summed E-state index contributed by atoms with van der Waals surface area (Å²) in [5, 5.41) is 43.7. The molecule has 0 bridgehead atoms. The Hall–Kier alpha value is -4.14. The molecule has 2 heterocycles. The lowest BCUT2D eigenvalue weighted by molar-refractivity contribution is -0.385. The van der Waals surface area contributed by atoms with Crippen LogP contribution in [-0.4, -0.2) is 78.5 Å². The molecule has 0 radical (unpaired) electrons. The van der Waals surface area contributed by atoms with Crippen LogP contribution in [0.15, 0.2) is 34.6 Å². The number of nitrogens with one attached hydrogen (secondary N) is 1. The molecule has 0 unspecified atom stereocenters. The quantitative estimate of drug-likeness (QED) is 0.100. The monoisotopic (exact) mass is 480 g/mol. The predicted octanol–water partition coefficient (Wildman–Crippen LogP) is -0.220. The number of rotatable bonds is 7. The van der Waals surface area contributed by atoms with Crippen molar-refractivity contribution >= 4 is 46.9 Å². The predicted molar refractivity (Wildman–Crippen MR) is 109 cm³/mol. The van der Waals surface area contributed by atoms with Crippen LogP contribution in [0.3, 0.4) is 0 Å². The lowest BCUT2D eigenvalue weighted by Gasteiger charge is -2.49. The van der Waals surface area contributed by atoms with Crippen molar-refractivity contribution in [2.45, 2.75) is 18.3 Å². The van der Waals surface area contributed by atoms with Crippen molar-refractivity contribution < 1.29 is 44.3 Å². The van der Waals surface area contributed by atoms with E-state index in [1.54, 1.807) is 0 Å². The highest BCUT2D eigenvalue weighted by molar-refractivity contribution is 8.00. The summed E-state index contributed by atoms with van der Waals surface area (Å²) in [4.78, 5) is 59.1. The Morgan fingerprint density at radius 2 is 2.09 bits per heavy atom. The number of carboxylic acid groups (broad SMARTS) is 1. The van der Waals surface area contributed by atoms with Crippen molar-refractivity contribution in [3.63, 3.8) is 0 Å². The molecule has 2 aliphatic rings. The minimum Gasteiger partial charge on any atom is -0.502 e. The van der Waals surface area contributed by atoms with Crippen molar-refractivity contribution in [1.82, 2.24) is 10.2 Å². The number of aliphatic carboxylic acids is 1. The van der Waals surface area contributed by atoms with Crippen molar-refractivity contribution in [2.24, 2.45) is 5.16 Å². The molecule has 1 aromatic rings. The van der Waals surface area contributed by atoms with Gasteiger partial charge in [0.1, 0.15) is 23.7 Å². The third-order valence-electron chi connectivity index (χ3n) is 4.75. The number of benzene rings is 1. The minimum absolute atomic E-state index is 0.112. The van der Waals surface area contributed by atoms with E-state index in [-0.39, 0.29) is 29.2 Å². The van der Waals surface area contributed by atoms with Crippen LogP contribution in [0.25, 0.3) is 0 Å². The Balaban J connectivity index is 1.79. The Morgan fingerprint density at radius 1 is 1.39 bits per heavy atom. The first-order valence-electron chi connectivity index (χ1n) is 9.10. The molecule has 14 nitrogen and oxygen atoms in total. The maximum Gasteiger partial charge on any atom is 0.352 e. The maximum atomic E-state index is 12.6. The largest absolute Gasteiger partial charge is 0.502 e. The van der Waals surface area contributed by atoms with Crippen molar-refractivity contribution in [1.29, 1.82) is 0 Å². The fourth-order valence-corrected chi connectivity index (χ4v) is 4.57. The highest BCUT2D eigenvalue weighted by Crippen LogP contribution is 2.40. The molecule has 0 aromatic heterocycles. The van der Waals surface area contributed by atoms with Gasteiger partial charge in [0, 0.05) is 29.9 Å². The van der Waals surface area contributed by atoms with E-state index < -0.39 is 57.2 Å². The number of phenols is 1. The van der Waals surface area contributed by atoms with Gasteiger partial charge in [-0.25, -0.2) is 4.79 Å². The Morgan fingerprint density at radius 3 is 2.67 bits per heavy atom. The number of aromatic hydroxyl groups is 1. The van der Waals surface area contributed by atoms with Crippen LogP contribution in [0, 0.1) is 10.1 Å². The molecule has 1 saturated heterocycles. The van der Waals surface area contributed by atoms with E-state index in [4.69, 9.17) is 4.74 Å². The van der Waals surface area contributed by atoms with Crippen LogP contribution in [0.5, 0.6) is 5.75 Å². The van der Waals surface area contributed by atoms with E-state index >= 15 is 0 Å². The van der Waals surface area contributed by atoms with Gasteiger partial charge in [0.25, 0.3) is 11.8 Å². The summed E-state index contributed by atoms with van der Waals surface area (Å²) in [6, 6.07) is 1.69. The number of thioether (sulfide) groups is 1. The van der Waals surface area contributed by atoms with Crippen LogP contribution in [0.2, 0.25) is 0 Å². The topological polar surface area (TPSA) is 209 Å². The number of β-lactam (4-membered cyclic amide) rings is 1. The molecule has 1 aromatic carbocycles. The molecule has 33 heavy (non-hydrogen) atoms. The number of esters is 1. The maximum absolute atomic E-state index is 12.6. The molecule has 0 saturated carbocycles. The number of hydrogen-bond acceptors (Lipinski definition) is 11. The highest BCUT2D eigenvalue weighted by Gasteiger charge is 2.54. The molecule has 4 N–H and O–H groups in total. The summed E-state index contributed by atoms with van der Waals surface area (Å²) in [7, 11) is 0. The first-order valence-corrected chi connectivity index (χ1v) is 10.2. The van der Waals surface area contributed by atoms with E-state index in [1.807, 2.05) is 0 Å². The third-order valence-corrected chi connectivity index (χ3v) is 6.09. The summed E-state index contributed by atoms with van der Waals surface area (Å²) in [6.45, 7) is 0.849. The van der Waals surface area contributed by atoms with Gasteiger partial charge < -0.3 is 25.5 Å². The van der Waals surface area contributed by atoms with Crippen LogP contribution in [0.4, 0.5) is 5.69 Å². The Kier molecular flexibility index (Phi) is 6.52. The highest BCUT2D eigenvalue weighted by atomic mass is 32.2. The number of nitro benzene ring substituents is 1. The summed E-state index contributed by atoms with van der Waals surface area (Å²) in [5.74, 6) is -4.39. The van der Waals surface area contributed by atoms with E-state index in [0.29, 0.717) is 0 Å². The molecule has 2 aliphatic heterocycles. The number of carbonyl (C=O) groups excluding carboxylic acids is 3. The number of ether oxygens (including phenoxy) is 1. The van der Waals surface area contributed by atoms with Gasteiger partial charge in [0.2, 0.25) is 0 Å². The molecule has 174 valence electrons. The number of oxime groups is 1. The van der Waals surface area contributed by atoms with Crippen LogP contribution in [-0.2, 0) is 23.9 Å². The van der Waals surface area contributed by atoms with Gasteiger partial charge in [-0.15, -0.1) is 11.8 Å². The fraction of sp³-hybridized carbons (Fsp3) is 0.278. The van der Waals surface area contributed by atoms with Gasteiger partial charge >= 0.3 is 17.6 Å². The summed E-state index contributed by atoms with van der Waals surface area (Å²) < 4.78 is 4.84. The number of carbonyl (C=O) groups is 4. The number of fused-ring (bicyclic) bond motifs is 1. The lowest BCUT2D eigenvalue weighted by Crippen LogP contribution is -2.71. The smallest absolute Gasteiger partial charge is 0.352 e. The summed E-state index contributed by atoms with van der Waals surface area (Å²) >= 11 is 1.12. The van der Waals surface area contributed by atoms with Crippen LogP contribution in [0.1, 0.15) is 12.5 Å². The summed E-state index contributed by atoms with van der Waals surface area (Å²) in [6.07, 6.45) is 0. The zero-order valence-corrected chi connectivity index (χ0v) is 17.6. The van der Waals surface area contributed by atoms with E-state index in [0.717, 1.165) is 41.8 Å². The van der Waals surface area contributed by atoms with E-state index in [1.165, 1.54) is 0 Å². The second-order valence-electron chi connectivity index (χ2n) is 6.81. The number of carboxylic acids is 1. The first kappa shape index (κ1) is 23.5. The van der Waals surface area contributed by atoms with E-state index in [2.05, 4.69) is 10.5 Å². The molecule has 15 heteroatoms. The van der Waals surface area contributed by atoms with Crippen molar-refractivity contribution in [3.8, 4) is 5.75 Å². The zero-order chi connectivity index (χ0) is 24.4. The normalized spacial score (nSPS) is 20.0. The standard InChI is InChI=1S/C18H16N4O10S/c1-7(23)32-5-9-6-33-17-13(16(26)21(17)14(9)18(27)28)19-15(25)12(20-29)8-2-3-11(24)10(4-8)22(30)31/h2-4,13,17,24,29H,5-6H2,1H3,(H,19,25)(H,27,28)/t13-,17-/m1/s1. The number of nitro groups is 1. The van der Waals surface area contributed by atoms with Crippen LogP contribution >= 0.6 is 11.8 Å². The number of amides is 2. The van der Waals surface area contributed by atoms with Gasteiger partial charge in [0.05, 0.1) is 4.92 Å². The molecule has 0 spiro atoms. The fourth-order valence-electron chi connectivity index (χ4n) is 3.24. The Bertz CT molecular complexity index is 1130. The van der Waals surface area contributed by atoms with Crippen LogP contribution < -0.4 is 5.32 Å². The average molecular weight is 480 g/mol. The molecular formula is C18H16N4O10S. The van der Waals surface area contributed by atoms with Gasteiger partial charge in [-0.3, -0.25) is 29.4 Å². The molecule has 3 rings (SSSR count). The Labute approximate surface area is 188 Å². The van der Waals surface area contributed by atoms with Gasteiger partial charge in [0.15, 0.2) is 11.5 Å². The minimum atomic E-state index is -1.41. The third kappa shape index (κ3) is 4.43. The molecule has 2 atom stereocenters. The van der Waals surface area contributed by atoms with Gasteiger partial charge in [-0.05, 0) is 12.1 Å². The molecule has 1 fully saturated rings. The average Bonchev–Trinajstić information content (AvgIpc) is 2.76. The number of phenolic OH excluding ortho intramolecular Hbond substituents is 1. The molecule has 0 aliphatic carbocycles. The number of nitrogens with zero attached hydrogens (tertiary/aromatic N) is 3. The second kappa shape index (κ2) is 9.15. The zero-order valence-electron chi connectivity index (χ0n) is 16.8. The van der Waals surface area contributed by atoms with Crippen molar-refractivity contribution in [3.05, 3.63) is 45.1 Å². The summed E-state index contributed by atoms with van der Waals surface area (Å²) in [5.41, 5.74) is -1.72. The second-order valence-corrected chi connectivity index (χ2v) is 7.91.